The van der Waals surface area contributed by atoms with Gasteiger partial charge in [0.1, 0.15) is 0 Å². The monoisotopic (exact) mass is 601 g/mol. The molecule has 3 saturated carbocycles. The highest BCUT2D eigenvalue weighted by Gasteiger charge is 2.68. The molecule has 1 amide bonds. The number of carbonyl (C=O) groups is 2. The van der Waals surface area contributed by atoms with Gasteiger partial charge in [-0.25, -0.2) is 15.1 Å². The lowest BCUT2D eigenvalue weighted by Gasteiger charge is -2.64. The predicted molar refractivity (Wildman–Crippen MR) is 164 cm³/mol. The van der Waals surface area contributed by atoms with Gasteiger partial charge in [-0.3, -0.25) is 9.59 Å². The SMILES string of the molecule is CC(C)C[C@H](NC(=O)[C@H](CCCN=C(N)N[N+](=O)[O-])CC(=O)/C=C/c1ccsc1)B1O[C@@H]2C[C@H]3C[C@H](C3(C)C)[C@]2(C)O1. The highest BCUT2D eigenvalue weighted by atomic mass is 32.1. The van der Waals surface area contributed by atoms with Crippen LogP contribution in [0.25, 0.3) is 6.08 Å². The summed E-state index contributed by atoms with van der Waals surface area (Å²) in [6, 6.07) is 1.92. The maximum Gasteiger partial charge on any atom is 0.481 e. The number of hydrogen-bond acceptors (Lipinski definition) is 8. The summed E-state index contributed by atoms with van der Waals surface area (Å²) in [6.45, 7) is 11.2. The van der Waals surface area contributed by atoms with Crippen molar-refractivity contribution in [3.63, 3.8) is 0 Å². The van der Waals surface area contributed by atoms with E-state index in [0.29, 0.717) is 31.1 Å². The van der Waals surface area contributed by atoms with Crippen molar-refractivity contribution in [2.75, 3.05) is 6.54 Å². The zero-order valence-corrected chi connectivity index (χ0v) is 26.0. The summed E-state index contributed by atoms with van der Waals surface area (Å²) in [7, 11) is -0.561. The second-order valence-electron chi connectivity index (χ2n) is 13.1. The van der Waals surface area contributed by atoms with E-state index >= 15 is 0 Å². The summed E-state index contributed by atoms with van der Waals surface area (Å²) >= 11 is 1.54. The predicted octanol–water partition coefficient (Wildman–Crippen LogP) is 4.01. The topological polar surface area (TPSA) is 158 Å². The van der Waals surface area contributed by atoms with Crippen molar-refractivity contribution in [1.29, 1.82) is 0 Å². The molecule has 4 aliphatic rings. The molecule has 1 saturated heterocycles. The summed E-state index contributed by atoms with van der Waals surface area (Å²) in [6.07, 6.45) is 6.84. The van der Waals surface area contributed by atoms with E-state index in [-0.39, 0.29) is 59.6 Å². The van der Waals surface area contributed by atoms with Crippen LogP contribution < -0.4 is 16.5 Å². The Hall–Kier alpha value is -2.77. The van der Waals surface area contributed by atoms with Crippen LogP contribution in [-0.2, 0) is 18.9 Å². The number of guanidine groups is 1. The molecule has 230 valence electrons. The van der Waals surface area contributed by atoms with Crippen molar-refractivity contribution in [2.24, 2.45) is 39.8 Å². The number of nitro groups is 1. The number of nitrogens with one attached hydrogen (secondary N) is 2. The minimum Gasteiger partial charge on any atom is -0.404 e. The molecule has 0 spiro atoms. The van der Waals surface area contributed by atoms with Gasteiger partial charge in [0.15, 0.2) is 10.8 Å². The fourth-order valence-corrected chi connectivity index (χ4v) is 7.61. The smallest absolute Gasteiger partial charge is 0.404 e. The Morgan fingerprint density at radius 2 is 2.10 bits per heavy atom. The highest BCUT2D eigenvalue weighted by molar-refractivity contribution is 7.08. The maximum atomic E-state index is 13.7. The Morgan fingerprint density at radius 1 is 1.33 bits per heavy atom. The number of thiophene rings is 1. The average Bonchev–Trinajstić information content (AvgIpc) is 3.55. The zero-order chi connectivity index (χ0) is 30.7. The Labute approximate surface area is 252 Å². The van der Waals surface area contributed by atoms with Crippen molar-refractivity contribution in [3.8, 4) is 0 Å². The number of amides is 1. The molecule has 4 N–H and O–H groups in total. The molecule has 5 rings (SSSR count). The van der Waals surface area contributed by atoms with Gasteiger partial charge in [0.25, 0.3) is 5.96 Å². The van der Waals surface area contributed by atoms with Gasteiger partial charge < -0.3 is 20.4 Å². The van der Waals surface area contributed by atoms with Crippen LogP contribution in [0.5, 0.6) is 0 Å². The number of hydrazine groups is 1. The highest BCUT2D eigenvalue weighted by Crippen LogP contribution is 2.65. The van der Waals surface area contributed by atoms with Gasteiger partial charge in [-0.05, 0) is 90.7 Å². The minimum absolute atomic E-state index is 0.00144. The number of hydrogen-bond donors (Lipinski definition) is 3. The van der Waals surface area contributed by atoms with Crippen molar-refractivity contribution in [1.82, 2.24) is 10.7 Å². The van der Waals surface area contributed by atoms with E-state index in [4.69, 9.17) is 15.0 Å². The number of carbonyl (C=O) groups excluding carboxylic acids is 2. The van der Waals surface area contributed by atoms with Crippen LogP contribution >= 0.6 is 11.3 Å². The number of allylic oxidation sites excluding steroid dienone is 1. The molecular weight excluding hydrogens is 557 g/mol. The third-order valence-electron chi connectivity index (χ3n) is 9.37. The lowest BCUT2D eigenvalue weighted by atomic mass is 9.43. The number of aliphatic imine (C=N–C) groups is 1. The largest absolute Gasteiger partial charge is 0.481 e. The summed E-state index contributed by atoms with van der Waals surface area (Å²) in [5.41, 5.74) is 8.08. The fourth-order valence-electron chi connectivity index (χ4n) is 6.98. The molecule has 11 nitrogen and oxygen atoms in total. The van der Waals surface area contributed by atoms with Gasteiger partial charge in [0.05, 0.1) is 17.6 Å². The van der Waals surface area contributed by atoms with Crippen molar-refractivity contribution in [2.45, 2.75) is 90.8 Å². The zero-order valence-electron chi connectivity index (χ0n) is 25.2. The first-order chi connectivity index (χ1) is 19.8. The van der Waals surface area contributed by atoms with Crippen LogP contribution in [0.4, 0.5) is 0 Å². The van der Waals surface area contributed by atoms with Gasteiger partial charge in [0.2, 0.25) is 5.91 Å². The van der Waals surface area contributed by atoms with Gasteiger partial charge in [-0.1, -0.05) is 39.2 Å². The first kappa shape index (κ1) is 32.2. The summed E-state index contributed by atoms with van der Waals surface area (Å²) in [5.74, 6) is -0.378. The van der Waals surface area contributed by atoms with Gasteiger partial charge in [0, 0.05) is 18.9 Å². The summed E-state index contributed by atoms with van der Waals surface area (Å²) in [5, 5.41) is 16.9. The molecular formula is C29H44BN5O6S. The Morgan fingerprint density at radius 3 is 2.74 bits per heavy atom. The van der Waals surface area contributed by atoms with Gasteiger partial charge in [-0.15, -0.1) is 0 Å². The van der Waals surface area contributed by atoms with Crippen molar-refractivity contribution >= 4 is 42.2 Å². The Bertz CT molecular complexity index is 1190. The molecule has 1 aromatic rings. The van der Waals surface area contributed by atoms with Crippen LogP contribution in [0.3, 0.4) is 0 Å². The van der Waals surface area contributed by atoms with Gasteiger partial charge in [-0.2, -0.15) is 11.3 Å². The number of rotatable bonds is 14. The number of nitrogens with two attached hydrogens (primary N) is 1. The van der Waals surface area contributed by atoms with Crippen LogP contribution in [-0.4, -0.2) is 54.0 Å². The first-order valence-electron chi connectivity index (χ1n) is 14.9. The lowest BCUT2D eigenvalue weighted by molar-refractivity contribution is -0.525. The Balaban J connectivity index is 1.44. The number of nitrogens with zero attached hydrogens (tertiary/aromatic N) is 2. The van der Waals surface area contributed by atoms with Crippen molar-refractivity contribution < 1.29 is 23.9 Å². The molecule has 0 aromatic carbocycles. The second-order valence-corrected chi connectivity index (χ2v) is 13.9. The normalized spacial score (nSPS) is 27.8. The molecule has 1 aliphatic heterocycles. The van der Waals surface area contributed by atoms with Crippen LogP contribution in [0.15, 0.2) is 27.9 Å². The molecule has 2 bridgehead atoms. The third-order valence-corrected chi connectivity index (χ3v) is 10.1. The molecule has 0 unspecified atom stereocenters. The first-order valence-corrected chi connectivity index (χ1v) is 15.8. The van der Waals surface area contributed by atoms with Crippen molar-refractivity contribution in [3.05, 3.63) is 38.6 Å². The molecule has 13 heteroatoms. The maximum absolute atomic E-state index is 13.7. The molecule has 6 atom stereocenters. The fraction of sp³-hybridized carbons (Fsp3) is 0.690. The van der Waals surface area contributed by atoms with Gasteiger partial charge >= 0.3 is 7.12 Å². The van der Waals surface area contributed by atoms with Crippen LogP contribution in [0.1, 0.15) is 78.7 Å². The molecule has 1 aromatic heterocycles. The average molecular weight is 602 g/mol. The van der Waals surface area contributed by atoms with Crippen LogP contribution in [0.2, 0.25) is 0 Å². The lowest BCUT2D eigenvalue weighted by Crippen LogP contribution is -2.65. The van der Waals surface area contributed by atoms with E-state index in [1.807, 2.05) is 22.3 Å². The van der Waals surface area contributed by atoms with E-state index in [2.05, 4.69) is 44.9 Å². The molecule has 3 aliphatic carbocycles. The summed E-state index contributed by atoms with van der Waals surface area (Å²) in [4.78, 5) is 41.2. The molecule has 0 radical (unpaired) electrons. The van der Waals surface area contributed by atoms with E-state index in [1.54, 1.807) is 17.4 Å². The third kappa shape index (κ3) is 7.41. The Kier molecular flexibility index (Phi) is 10.1. The quantitative estimate of drug-likeness (QED) is 0.0549. The minimum atomic E-state index is -0.781. The van der Waals surface area contributed by atoms with E-state index < -0.39 is 18.1 Å². The summed E-state index contributed by atoms with van der Waals surface area (Å²) < 4.78 is 13.2. The second kappa shape index (κ2) is 13.3. The van der Waals surface area contributed by atoms with E-state index in [9.17, 15) is 19.7 Å². The standard InChI is InChI=1S/C29H44BN5O6S/c1-18(2)13-25(30-40-24-16-21-15-23(28(21,3)4)29(24,5)41-30)33-26(37)20(7-6-11-32-27(31)34-35(38)39)14-22(36)9-8-19-10-12-42-17-19/h8-10,12,17-18,20-21,23-25H,6-7,11,13-16H2,1-5H3,(H,33,37)(H3,31,32,34)/b9-8+/t20-,21-,23-,24-,25+,29+/m1/s1. The van der Waals surface area contributed by atoms with Crippen LogP contribution in [0, 0.1) is 39.2 Å². The number of ketones is 1. The molecule has 42 heavy (non-hydrogen) atoms. The van der Waals surface area contributed by atoms with E-state index in [1.165, 1.54) is 6.08 Å². The van der Waals surface area contributed by atoms with E-state index in [0.717, 1.165) is 18.4 Å². The molecule has 4 fully saturated rings. The molecule has 2 heterocycles.